The number of halogens is 3. The lowest BCUT2D eigenvalue weighted by molar-refractivity contribution is -0.138. The Labute approximate surface area is 82.6 Å². The molecule has 0 unspecified atom stereocenters. The van der Waals surface area contributed by atoms with Gasteiger partial charge in [0.1, 0.15) is 5.52 Å². The number of hydrogen-bond acceptors (Lipinski definition) is 2. The molecule has 0 fully saturated rings. The Hall–Kier alpha value is -1.17. The second kappa shape index (κ2) is 2.91. The Morgan fingerprint density at radius 2 is 2.00 bits per heavy atom. The predicted molar refractivity (Wildman–Crippen MR) is 48.3 cm³/mol. The first-order valence-electron chi connectivity index (χ1n) is 3.72. The second-order valence-electron chi connectivity index (χ2n) is 2.76. The monoisotopic (exact) mass is 218 g/mol. The third-order valence-electron chi connectivity index (χ3n) is 1.85. The quantitative estimate of drug-likeness (QED) is 0.654. The zero-order valence-electron chi connectivity index (χ0n) is 6.76. The van der Waals surface area contributed by atoms with Crippen molar-refractivity contribution in [3.8, 4) is 0 Å². The van der Waals surface area contributed by atoms with Crippen molar-refractivity contribution in [3.05, 3.63) is 24.0 Å². The van der Waals surface area contributed by atoms with Crippen LogP contribution in [0.1, 0.15) is 5.56 Å². The number of aromatic nitrogens is 2. The van der Waals surface area contributed by atoms with Gasteiger partial charge in [0.05, 0.1) is 17.4 Å². The highest BCUT2D eigenvalue weighted by atomic mass is 32.1. The summed E-state index contributed by atoms with van der Waals surface area (Å²) < 4.78 is 37.7. The van der Waals surface area contributed by atoms with E-state index >= 15 is 0 Å². The number of nitrogens with zero attached hydrogens (tertiary/aromatic N) is 1. The third kappa shape index (κ3) is 1.35. The zero-order chi connectivity index (χ0) is 10.3. The predicted octanol–water partition coefficient (Wildman–Crippen LogP) is 2.87. The largest absolute Gasteiger partial charge is 0.419 e. The highest BCUT2D eigenvalue weighted by molar-refractivity contribution is 7.80. The van der Waals surface area contributed by atoms with E-state index in [2.05, 4.69) is 22.6 Å². The minimum Gasteiger partial charge on any atom is -0.345 e. The Balaban J connectivity index is 2.83. The first-order chi connectivity index (χ1) is 6.50. The molecule has 74 valence electrons. The van der Waals surface area contributed by atoms with Gasteiger partial charge < -0.3 is 4.98 Å². The van der Waals surface area contributed by atoms with Crippen molar-refractivity contribution in [2.45, 2.75) is 11.1 Å². The molecule has 2 aromatic rings. The van der Waals surface area contributed by atoms with Crippen LogP contribution in [0.25, 0.3) is 11.0 Å². The zero-order valence-corrected chi connectivity index (χ0v) is 7.65. The van der Waals surface area contributed by atoms with Gasteiger partial charge in [-0.15, -0.1) is 12.6 Å². The molecule has 0 aliphatic heterocycles. The summed E-state index contributed by atoms with van der Waals surface area (Å²) in [6.07, 6.45) is -3.20. The topological polar surface area (TPSA) is 28.7 Å². The first kappa shape index (κ1) is 9.39. The number of rotatable bonds is 0. The fraction of sp³-hybridized carbons (Fsp3) is 0.125. The second-order valence-corrected chi connectivity index (χ2v) is 3.24. The Morgan fingerprint density at radius 1 is 1.29 bits per heavy atom. The van der Waals surface area contributed by atoms with E-state index in [9.17, 15) is 13.2 Å². The van der Waals surface area contributed by atoms with Crippen LogP contribution in [0.2, 0.25) is 0 Å². The van der Waals surface area contributed by atoms with Gasteiger partial charge in [0.2, 0.25) is 0 Å². The molecule has 0 saturated carbocycles. The number of hydrogen-bond donors (Lipinski definition) is 2. The third-order valence-corrected chi connectivity index (χ3v) is 2.23. The Morgan fingerprint density at radius 3 is 2.64 bits per heavy atom. The minimum atomic E-state index is -4.42. The summed E-state index contributed by atoms with van der Waals surface area (Å²) >= 11 is 3.77. The molecule has 14 heavy (non-hydrogen) atoms. The van der Waals surface area contributed by atoms with E-state index in [-0.39, 0.29) is 10.4 Å². The van der Waals surface area contributed by atoms with Gasteiger partial charge in [-0.05, 0) is 12.1 Å². The molecule has 2 nitrogen and oxygen atoms in total. The fourth-order valence-electron chi connectivity index (χ4n) is 1.28. The molecule has 1 aromatic heterocycles. The first-order valence-corrected chi connectivity index (χ1v) is 4.17. The lowest BCUT2D eigenvalue weighted by Gasteiger charge is -2.09. The number of thiol groups is 1. The maximum Gasteiger partial charge on any atom is 0.419 e. The van der Waals surface area contributed by atoms with Gasteiger partial charge in [-0.2, -0.15) is 13.2 Å². The van der Waals surface area contributed by atoms with Crippen molar-refractivity contribution in [1.82, 2.24) is 9.97 Å². The van der Waals surface area contributed by atoms with Gasteiger partial charge >= 0.3 is 6.18 Å². The van der Waals surface area contributed by atoms with Crippen molar-refractivity contribution >= 4 is 23.7 Å². The molecule has 0 bridgehead atoms. The summed E-state index contributed by atoms with van der Waals surface area (Å²) in [4.78, 5) is 6.12. The molecular weight excluding hydrogens is 213 g/mol. The summed E-state index contributed by atoms with van der Waals surface area (Å²) in [6.45, 7) is 0. The van der Waals surface area contributed by atoms with E-state index in [1.807, 2.05) is 0 Å². The summed E-state index contributed by atoms with van der Waals surface area (Å²) in [5, 5.41) is 0. The molecule has 2 rings (SSSR count). The lowest BCUT2D eigenvalue weighted by Crippen LogP contribution is -2.07. The standard InChI is InChI=1S/C8H5F3N2S/c9-8(10,11)6-5(14)2-1-4-7(6)13-3-12-4/h1-3,14H,(H,12,13). The minimum absolute atomic E-state index is 0.0926. The molecule has 0 amide bonds. The van der Waals surface area contributed by atoms with E-state index in [1.54, 1.807) is 0 Å². The summed E-state index contributed by atoms with van der Waals surface area (Å²) in [5.74, 6) is 0. The highest BCUT2D eigenvalue weighted by Gasteiger charge is 2.35. The molecule has 0 radical (unpaired) electrons. The number of H-pyrrole nitrogens is 1. The SMILES string of the molecule is FC(F)(F)c1c(S)ccc2[nH]cnc12. The molecule has 0 atom stereocenters. The summed E-state index contributed by atoms with van der Waals surface area (Å²) in [7, 11) is 0. The van der Waals surface area contributed by atoms with E-state index in [0.717, 1.165) is 0 Å². The number of fused-ring (bicyclic) bond motifs is 1. The summed E-state index contributed by atoms with van der Waals surface area (Å²) in [6, 6.07) is 2.81. The Kier molecular flexibility index (Phi) is 1.95. The maximum absolute atomic E-state index is 12.6. The van der Waals surface area contributed by atoms with Crippen LogP contribution < -0.4 is 0 Å². The van der Waals surface area contributed by atoms with Gasteiger partial charge in [-0.3, -0.25) is 0 Å². The smallest absolute Gasteiger partial charge is 0.345 e. The van der Waals surface area contributed by atoms with Crippen LogP contribution in [0, 0.1) is 0 Å². The molecule has 1 aromatic carbocycles. The van der Waals surface area contributed by atoms with Crippen molar-refractivity contribution in [1.29, 1.82) is 0 Å². The highest BCUT2D eigenvalue weighted by Crippen LogP contribution is 2.37. The number of aromatic amines is 1. The van der Waals surface area contributed by atoms with E-state index in [4.69, 9.17) is 0 Å². The average molecular weight is 218 g/mol. The van der Waals surface area contributed by atoms with Gasteiger partial charge in [0.25, 0.3) is 0 Å². The van der Waals surface area contributed by atoms with Gasteiger partial charge in [0, 0.05) is 4.90 Å². The van der Waals surface area contributed by atoms with E-state index in [1.165, 1.54) is 18.5 Å². The van der Waals surface area contributed by atoms with Crippen LogP contribution in [0.5, 0.6) is 0 Å². The normalized spacial score (nSPS) is 12.3. The molecule has 0 aliphatic rings. The molecular formula is C8H5F3N2S. The lowest BCUT2D eigenvalue weighted by atomic mass is 10.2. The van der Waals surface area contributed by atoms with Crippen LogP contribution in [0.15, 0.2) is 23.4 Å². The molecule has 0 aliphatic carbocycles. The van der Waals surface area contributed by atoms with Crippen LogP contribution >= 0.6 is 12.6 Å². The maximum atomic E-state index is 12.6. The van der Waals surface area contributed by atoms with Gasteiger partial charge in [-0.25, -0.2) is 4.98 Å². The Bertz CT molecular complexity index is 475. The molecule has 0 saturated heterocycles. The average Bonchev–Trinajstić information content (AvgIpc) is 2.48. The number of alkyl halides is 3. The van der Waals surface area contributed by atoms with Gasteiger partial charge in [-0.1, -0.05) is 0 Å². The van der Waals surface area contributed by atoms with Crippen LogP contribution in [0.4, 0.5) is 13.2 Å². The summed E-state index contributed by atoms with van der Waals surface area (Å²) in [5.41, 5.74) is -0.528. The van der Waals surface area contributed by atoms with E-state index < -0.39 is 11.7 Å². The number of nitrogens with one attached hydrogen (secondary N) is 1. The molecule has 1 heterocycles. The van der Waals surface area contributed by atoms with Crippen LogP contribution in [0.3, 0.4) is 0 Å². The molecule has 0 spiro atoms. The van der Waals surface area contributed by atoms with Crippen molar-refractivity contribution < 1.29 is 13.2 Å². The van der Waals surface area contributed by atoms with Crippen LogP contribution in [-0.2, 0) is 6.18 Å². The number of benzene rings is 1. The fourth-order valence-corrected chi connectivity index (χ4v) is 1.58. The van der Waals surface area contributed by atoms with Gasteiger partial charge in [0.15, 0.2) is 0 Å². The molecule has 6 heteroatoms. The van der Waals surface area contributed by atoms with Crippen molar-refractivity contribution in [2.75, 3.05) is 0 Å². The van der Waals surface area contributed by atoms with Crippen molar-refractivity contribution in [2.24, 2.45) is 0 Å². The molecule has 1 N–H and O–H groups in total. The van der Waals surface area contributed by atoms with Crippen molar-refractivity contribution in [3.63, 3.8) is 0 Å². The van der Waals surface area contributed by atoms with Crippen LogP contribution in [-0.4, -0.2) is 9.97 Å². The van der Waals surface area contributed by atoms with E-state index in [0.29, 0.717) is 5.52 Å². The number of imidazole rings is 1.